The molecule has 0 unspecified atom stereocenters. The number of aromatic nitrogens is 4. The molecule has 28 heavy (non-hydrogen) atoms. The van der Waals surface area contributed by atoms with Crippen LogP contribution in [0.2, 0.25) is 0 Å². The van der Waals surface area contributed by atoms with Crippen molar-refractivity contribution in [3.63, 3.8) is 0 Å². The lowest BCUT2D eigenvalue weighted by Gasteiger charge is -2.10. The van der Waals surface area contributed by atoms with E-state index in [4.69, 9.17) is 19.4 Å². The summed E-state index contributed by atoms with van der Waals surface area (Å²) >= 11 is 1.69. The monoisotopic (exact) mass is 393 g/mol. The average Bonchev–Trinajstić information content (AvgIpc) is 3.43. The average molecular weight is 393 g/mol. The zero-order valence-electron chi connectivity index (χ0n) is 15.6. The van der Waals surface area contributed by atoms with Crippen LogP contribution < -0.4 is 14.8 Å². The Morgan fingerprint density at radius 3 is 2.93 bits per heavy atom. The number of hydrogen-bond donors (Lipinski definition) is 1. The fourth-order valence-electron chi connectivity index (χ4n) is 3.28. The van der Waals surface area contributed by atoms with E-state index in [0.717, 1.165) is 40.5 Å². The summed E-state index contributed by atoms with van der Waals surface area (Å²) in [6.07, 6.45) is 4.43. The maximum absolute atomic E-state index is 5.47. The van der Waals surface area contributed by atoms with Crippen molar-refractivity contribution in [1.29, 1.82) is 0 Å². The fourth-order valence-corrected chi connectivity index (χ4v) is 4.30. The quantitative estimate of drug-likeness (QED) is 0.555. The molecule has 1 aliphatic heterocycles. The summed E-state index contributed by atoms with van der Waals surface area (Å²) in [4.78, 5) is 11.7. The van der Waals surface area contributed by atoms with E-state index in [0.29, 0.717) is 12.7 Å². The molecule has 0 saturated carbocycles. The first-order chi connectivity index (χ1) is 13.7. The molecule has 142 valence electrons. The van der Waals surface area contributed by atoms with Gasteiger partial charge in [-0.3, -0.25) is 0 Å². The van der Waals surface area contributed by atoms with Gasteiger partial charge in [-0.05, 0) is 49.6 Å². The number of fused-ring (bicyclic) bond motifs is 2. The van der Waals surface area contributed by atoms with Crippen molar-refractivity contribution in [1.82, 2.24) is 19.7 Å². The largest absolute Gasteiger partial charge is 0.454 e. The van der Waals surface area contributed by atoms with Crippen molar-refractivity contribution in [2.75, 3.05) is 18.7 Å². The van der Waals surface area contributed by atoms with Crippen LogP contribution in [0.3, 0.4) is 0 Å². The van der Waals surface area contributed by atoms with Gasteiger partial charge in [0.05, 0.1) is 5.39 Å². The van der Waals surface area contributed by atoms with Gasteiger partial charge in [0.25, 0.3) is 5.95 Å². The smallest absolute Gasteiger partial charge is 0.253 e. The summed E-state index contributed by atoms with van der Waals surface area (Å²) in [5, 5.41) is 8.86. The molecular weight excluding hydrogens is 374 g/mol. The Balaban J connectivity index is 1.42. The van der Waals surface area contributed by atoms with Crippen LogP contribution in [-0.4, -0.2) is 33.1 Å². The second kappa shape index (κ2) is 6.79. The summed E-state index contributed by atoms with van der Waals surface area (Å²) < 4.78 is 12.5. The highest BCUT2D eigenvalue weighted by atomic mass is 32.1. The lowest BCUT2D eigenvalue weighted by Crippen LogP contribution is -2.10. The maximum Gasteiger partial charge on any atom is 0.253 e. The third kappa shape index (κ3) is 2.95. The molecule has 0 saturated heterocycles. The molecule has 1 aliphatic rings. The minimum Gasteiger partial charge on any atom is -0.454 e. The molecule has 1 N–H and O–H groups in total. The van der Waals surface area contributed by atoms with E-state index in [9.17, 15) is 0 Å². The molecule has 0 radical (unpaired) electrons. The molecule has 0 bridgehead atoms. The highest BCUT2D eigenvalue weighted by Gasteiger charge is 2.16. The van der Waals surface area contributed by atoms with Crippen LogP contribution in [-0.2, 0) is 6.42 Å². The van der Waals surface area contributed by atoms with Crippen LogP contribution in [0, 0.1) is 13.8 Å². The molecule has 3 aromatic heterocycles. The molecule has 5 rings (SSSR count). The van der Waals surface area contributed by atoms with E-state index in [1.54, 1.807) is 22.2 Å². The minimum atomic E-state index is 0.295. The Morgan fingerprint density at radius 1 is 1.18 bits per heavy atom. The number of ether oxygens (including phenoxy) is 2. The molecule has 0 fully saturated rings. The van der Waals surface area contributed by atoms with Gasteiger partial charge in [0.1, 0.15) is 10.6 Å². The molecule has 4 heterocycles. The third-order valence-corrected chi connectivity index (χ3v) is 5.97. The SMILES string of the molecule is Cc1sc2nc(-n3cccn3)nc(NCCc3ccc4c(c3)OCO4)c2c1C. The van der Waals surface area contributed by atoms with Gasteiger partial charge in [-0.25, -0.2) is 4.68 Å². The fraction of sp³-hybridized carbons (Fsp3) is 0.250. The number of hydrogen-bond acceptors (Lipinski definition) is 7. The van der Waals surface area contributed by atoms with Gasteiger partial charge in [-0.2, -0.15) is 15.1 Å². The number of benzene rings is 1. The van der Waals surface area contributed by atoms with E-state index in [1.165, 1.54) is 16.0 Å². The standard InChI is InChI=1S/C20H19N5O2S/c1-12-13(2)28-19-17(12)18(23-20(24-19)25-9-3-7-22-25)21-8-6-14-4-5-15-16(10-14)27-11-26-15/h3-5,7,9-10H,6,8,11H2,1-2H3,(H,21,23,24). The van der Waals surface area contributed by atoms with Gasteiger partial charge in [0.2, 0.25) is 6.79 Å². The lowest BCUT2D eigenvalue weighted by molar-refractivity contribution is 0.174. The van der Waals surface area contributed by atoms with Crippen LogP contribution in [0.1, 0.15) is 16.0 Å². The summed E-state index contributed by atoms with van der Waals surface area (Å²) in [5.41, 5.74) is 2.41. The zero-order chi connectivity index (χ0) is 19.1. The van der Waals surface area contributed by atoms with E-state index >= 15 is 0 Å². The Morgan fingerprint density at radius 2 is 2.07 bits per heavy atom. The van der Waals surface area contributed by atoms with Crippen molar-refractivity contribution in [3.05, 3.63) is 52.7 Å². The highest BCUT2D eigenvalue weighted by Crippen LogP contribution is 2.34. The van der Waals surface area contributed by atoms with Crippen molar-refractivity contribution in [3.8, 4) is 17.4 Å². The molecule has 7 nitrogen and oxygen atoms in total. The van der Waals surface area contributed by atoms with Crippen LogP contribution in [0.4, 0.5) is 5.82 Å². The summed E-state index contributed by atoms with van der Waals surface area (Å²) in [5.74, 6) is 3.04. The number of anilines is 1. The first-order valence-corrected chi connectivity index (χ1v) is 9.91. The van der Waals surface area contributed by atoms with Crippen LogP contribution in [0.5, 0.6) is 11.5 Å². The zero-order valence-corrected chi connectivity index (χ0v) is 16.4. The van der Waals surface area contributed by atoms with E-state index in [-0.39, 0.29) is 0 Å². The number of nitrogens with one attached hydrogen (secondary N) is 1. The summed E-state index contributed by atoms with van der Waals surface area (Å²) in [6, 6.07) is 7.93. The summed E-state index contributed by atoms with van der Waals surface area (Å²) in [6.45, 7) is 5.28. The topological polar surface area (TPSA) is 74.1 Å². The van der Waals surface area contributed by atoms with E-state index in [2.05, 4.69) is 30.3 Å². The van der Waals surface area contributed by atoms with Crippen molar-refractivity contribution >= 4 is 27.4 Å². The van der Waals surface area contributed by atoms with Gasteiger partial charge >= 0.3 is 0 Å². The normalized spacial score (nSPS) is 12.6. The molecule has 0 atom stereocenters. The van der Waals surface area contributed by atoms with Gasteiger partial charge in [-0.1, -0.05) is 6.07 Å². The van der Waals surface area contributed by atoms with Crippen molar-refractivity contribution < 1.29 is 9.47 Å². The number of aryl methyl sites for hydroxylation is 2. The van der Waals surface area contributed by atoms with Crippen molar-refractivity contribution in [2.45, 2.75) is 20.3 Å². The van der Waals surface area contributed by atoms with Crippen LogP contribution in [0.15, 0.2) is 36.7 Å². The Bertz CT molecular complexity index is 1150. The van der Waals surface area contributed by atoms with Crippen LogP contribution in [0.25, 0.3) is 16.2 Å². The second-order valence-corrected chi connectivity index (χ2v) is 7.85. The molecule has 0 aliphatic carbocycles. The number of rotatable bonds is 5. The van der Waals surface area contributed by atoms with Gasteiger partial charge < -0.3 is 14.8 Å². The molecule has 0 spiro atoms. The second-order valence-electron chi connectivity index (χ2n) is 6.65. The number of nitrogens with zero attached hydrogens (tertiary/aromatic N) is 4. The first-order valence-electron chi connectivity index (χ1n) is 9.09. The van der Waals surface area contributed by atoms with E-state index in [1.807, 2.05) is 24.4 Å². The molecule has 4 aromatic rings. The predicted octanol–water partition coefficient (Wildman–Crippen LogP) is 3.88. The molecule has 0 amide bonds. The lowest BCUT2D eigenvalue weighted by atomic mass is 10.1. The Hall–Kier alpha value is -3.13. The van der Waals surface area contributed by atoms with Gasteiger partial charge in [0.15, 0.2) is 11.5 Å². The van der Waals surface area contributed by atoms with Gasteiger partial charge in [-0.15, -0.1) is 11.3 Å². The van der Waals surface area contributed by atoms with Crippen LogP contribution >= 0.6 is 11.3 Å². The predicted molar refractivity (Wildman–Crippen MR) is 109 cm³/mol. The van der Waals surface area contributed by atoms with Crippen molar-refractivity contribution in [2.24, 2.45) is 0 Å². The highest BCUT2D eigenvalue weighted by molar-refractivity contribution is 7.18. The Kier molecular flexibility index (Phi) is 4.12. The Labute approximate surface area is 166 Å². The van der Waals surface area contributed by atoms with Gasteiger partial charge in [0, 0.05) is 23.8 Å². The number of thiophene rings is 1. The maximum atomic E-state index is 5.47. The summed E-state index contributed by atoms with van der Waals surface area (Å²) in [7, 11) is 0. The minimum absolute atomic E-state index is 0.295. The molecule has 8 heteroatoms. The third-order valence-electron chi connectivity index (χ3n) is 4.87. The first kappa shape index (κ1) is 17.0. The van der Waals surface area contributed by atoms with E-state index < -0.39 is 0 Å². The molecular formula is C20H19N5O2S. The molecule has 1 aromatic carbocycles.